The lowest BCUT2D eigenvalue weighted by Crippen LogP contribution is -2.29. The Labute approximate surface area is 351 Å². The number of aliphatic hydroxyl groups excluding tert-OH is 3. The van der Waals surface area contributed by atoms with Gasteiger partial charge in [-0.2, -0.15) is 0 Å². The molecule has 1 fully saturated rings. The van der Waals surface area contributed by atoms with Crippen molar-refractivity contribution in [3.63, 3.8) is 0 Å². The third kappa shape index (κ3) is 29.4. The predicted molar refractivity (Wildman–Crippen MR) is 231 cm³/mol. The molecule has 0 aromatic rings. The van der Waals surface area contributed by atoms with Crippen LogP contribution < -0.4 is 5.73 Å². The van der Waals surface area contributed by atoms with Crippen molar-refractivity contribution in [3.8, 4) is 0 Å². The van der Waals surface area contributed by atoms with E-state index in [0.717, 1.165) is 38.5 Å². The molecular weight excluding hydrogens is 761 g/mol. The van der Waals surface area contributed by atoms with E-state index >= 15 is 0 Å². The smallest absolute Gasteiger partial charge is 0.461 e. The van der Waals surface area contributed by atoms with Crippen LogP contribution in [0.4, 0.5) is 0 Å². The van der Waals surface area contributed by atoms with Gasteiger partial charge in [-0.1, -0.05) is 147 Å². The Morgan fingerprint density at radius 2 is 1.33 bits per heavy atom. The van der Waals surface area contributed by atoms with Gasteiger partial charge in [-0.15, -0.1) is 0 Å². The normalized spacial score (nSPS) is 20.6. The second kappa shape index (κ2) is 35.8. The Morgan fingerprint density at radius 1 is 0.741 bits per heavy atom. The van der Waals surface area contributed by atoms with E-state index in [-0.39, 0.29) is 50.9 Å². The Morgan fingerprint density at radius 3 is 1.95 bits per heavy atom. The second-order valence-corrected chi connectivity index (χ2v) is 17.4. The first-order valence-electron chi connectivity index (χ1n) is 22.7. The van der Waals surface area contributed by atoms with Crippen molar-refractivity contribution in [2.45, 2.75) is 199 Å². The highest BCUT2D eigenvalue weighted by molar-refractivity contribution is 7.47. The number of allylic oxidation sites excluding steroid dienone is 3. The van der Waals surface area contributed by atoms with Crippen LogP contribution in [0.15, 0.2) is 36.5 Å². The molecule has 6 N–H and O–H groups in total. The number of phosphoric ester groups is 1. The van der Waals surface area contributed by atoms with Crippen LogP contribution in [0.2, 0.25) is 0 Å². The van der Waals surface area contributed by atoms with Crippen LogP contribution in [-0.4, -0.2) is 82.9 Å². The van der Waals surface area contributed by atoms with Gasteiger partial charge >= 0.3 is 19.8 Å². The summed E-state index contributed by atoms with van der Waals surface area (Å²) in [7, 11) is -4.46. The van der Waals surface area contributed by atoms with Gasteiger partial charge in [0.05, 0.1) is 37.9 Å². The molecule has 0 aromatic heterocycles. The molecular formula is C45H82NO11P. The van der Waals surface area contributed by atoms with Crippen molar-refractivity contribution in [3.05, 3.63) is 36.5 Å². The lowest BCUT2D eigenvalue weighted by atomic mass is 9.89. The topological polar surface area (TPSA) is 195 Å². The molecule has 1 rings (SSSR count). The Kier molecular flexibility index (Phi) is 33.4. The first-order valence-corrected chi connectivity index (χ1v) is 24.2. The number of hydrogen-bond donors (Lipinski definition) is 5. The zero-order valence-electron chi connectivity index (χ0n) is 36.1. The number of esters is 2. The van der Waals surface area contributed by atoms with E-state index < -0.39 is 50.8 Å². The van der Waals surface area contributed by atoms with Crippen LogP contribution in [0.25, 0.3) is 0 Å². The van der Waals surface area contributed by atoms with E-state index in [1.165, 1.54) is 83.5 Å². The van der Waals surface area contributed by atoms with Crippen molar-refractivity contribution in [1.29, 1.82) is 0 Å². The molecule has 13 heteroatoms. The van der Waals surface area contributed by atoms with Gasteiger partial charge in [-0.25, -0.2) is 4.57 Å². The molecule has 338 valence electrons. The SMILES string of the molecule is CCCCCCCC/C=C\CCCCCCCCCCCC(=O)O[C@H](COC(=O)C/C=C\C[C@H]1[C@@H](/C=C/[C@H](O)CCCCC)[C@H](O)C[C@@H]1O)COP(=O)(O)OCCN. The van der Waals surface area contributed by atoms with Gasteiger partial charge in [0.1, 0.15) is 6.61 Å². The zero-order valence-corrected chi connectivity index (χ0v) is 37.0. The maximum Gasteiger partial charge on any atom is 0.472 e. The van der Waals surface area contributed by atoms with Gasteiger partial charge in [0.2, 0.25) is 0 Å². The molecule has 1 unspecified atom stereocenters. The van der Waals surface area contributed by atoms with Gasteiger partial charge < -0.3 is 35.4 Å². The predicted octanol–water partition coefficient (Wildman–Crippen LogP) is 9.32. The number of aliphatic hydroxyl groups is 3. The highest BCUT2D eigenvalue weighted by Gasteiger charge is 2.39. The van der Waals surface area contributed by atoms with Crippen molar-refractivity contribution in [1.82, 2.24) is 0 Å². The molecule has 0 spiro atoms. The fourth-order valence-electron chi connectivity index (χ4n) is 7.13. The van der Waals surface area contributed by atoms with Gasteiger partial charge in [0, 0.05) is 25.3 Å². The molecule has 1 aliphatic carbocycles. The summed E-state index contributed by atoms with van der Waals surface area (Å²) in [5.74, 6) is -1.73. The summed E-state index contributed by atoms with van der Waals surface area (Å²) in [6, 6.07) is 0. The van der Waals surface area contributed by atoms with E-state index in [0.29, 0.717) is 19.3 Å². The minimum Gasteiger partial charge on any atom is -0.461 e. The lowest BCUT2D eigenvalue weighted by molar-refractivity contribution is -0.160. The third-order valence-corrected chi connectivity index (χ3v) is 11.6. The van der Waals surface area contributed by atoms with Crippen molar-refractivity contribution < 1.29 is 52.9 Å². The second-order valence-electron chi connectivity index (χ2n) is 15.9. The fraction of sp³-hybridized carbons (Fsp3) is 0.822. The van der Waals surface area contributed by atoms with Gasteiger partial charge in [0.15, 0.2) is 6.10 Å². The van der Waals surface area contributed by atoms with Crippen LogP contribution in [0.1, 0.15) is 174 Å². The van der Waals surface area contributed by atoms with E-state index in [9.17, 15) is 34.4 Å². The molecule has 1 saturated carbocycles. The highest BCUT2D eigenvalue weighted by atomic mass is 31.2. The molecule has 0 amide bonds. The molecule has 58 heavy (non-hydrogen) atoms. The Balaban J connectivity index is 2.39. The van der Waals surface area contributed by atoms with Gasteiger partial charge in [-0.3, -0.25) is 18.6 Å². The monoisotopic (exact) mass is 844 g/mol. The molecule has 0 bridgehead atoms. The number of unbranched alkanes of at least 4 members (excludes halogenated alkanes) is 17. The van der Waals surface area contributed by atoms with E-state index in [2.05, 4.69) is 26.0 Å². The molecule has 0 saturated heterocycles. The summed E-state index contributed by atoms with van der Waals surface area (Å²) >= 11 is 0. The molecule has 12 nitrogen and oxygen atoms in total. The van der Waals surface area contributed by atoms with Gasteiger partial charge in [-0.05, 0) is 50.9 Å². The van der Waals surface area contributed by atoms with E-state index in [1.54, 1.807) is 24.3 Å². The Hall–Kier alpha value is -1.89. The largest absolute Gasteiger partial charge is 0.472 e. The maximum absolute atomic E-state index is 12.7. The fourth-order valence-corrected chi connectivity index (χ4v) is 7.90. The molecule has 0 radical (unpaired) electrons. The summed E-state index contributed by atoms with van der Waals surface area (Å²) < 4.78 is 32.7. The lowest BCUT2D eigenvalue weighted by Gasteiger charge is -2.20. The van der Waals surface area contributed by atoms with Crippen molar-refractivity contribution >= 4 is 19.8 Å². The van der Waals surface area contributed by atoms with Crippen LogP contribution in [0.3, 0.4) is 0 Å². The van der Waals surface area contributed by atoms with Crippen LogP contribution >= 0.6 is 7.82 Å². The van der Waals surface area contributed by atoms with E-state index in [4.69, 9.17) is 24.3 Å². The number of carbonyl (C=O) groups excluding carboxylic acids is 2. The number of hydrogen-bond acceptors (Lipinski definition) is 11. The Bertz CT molecular complexity index is 1170. The number of phosphoric acid groups is 1. The summed E-state index contributed by atoms with van der Waals surface area (Å²) in [6.45, 7) is 3.25. The summed E-state index contributed by atoms with van der Waals surface area (Å²) in [5.41, 5.74) is 5.35. The standard InChI is InChI=1S/C45H82NO11P/c1-3-5-7-8-9-10-11-12-13-14-15-16-17-18-19-20-21-22-24-30-45(51)57-39(37-56-58(52,53)55-34-33-46)36-54-44(50)29-26-25-28-40-41(43(49)35-42(40)48)32-31-38(47)27-23-6-4-2/h12-13,25-26,31-32,38-43,47-49H,3-11,14-24,27-30,33-37,46H2,1-2H3,(H,52,53)/b13-12-,26-25-,32-31+/t38-,39-,40+,41-,42+,43-/m1/s1. The maximum atomic E-state index is 12.7. The number of nitrogens with two attached hydrogens (primary N) is 1. The van der Waals surface area contributed by atoms with Crippen LogP contribution in [-0.2, 0) is 32.7 Å². The quantitative estimate of drug-likeness (QED) is 0.0171. The first-order chi connectivity index (χ1) is 28.0. The molecule has 0 heterocycles. The molecule has 0 aliphatic heterocycles. The van der Waals surface area contributed by atoms with E-state index in [1.807, 2.05) is 0 Å². The minimum absolute atomic E-state index is 0.00854. The molecule has 7 atom stereocenters. The van der Waals surface area contributed by atoms with Gasteiger partial charge in [0.25, 0.3) is 0 Å². The third-order valence-electron chi connectivity index (χ3n) is 10.6. The average molecular weight is 844 g/mol. The minimum atomic E-state index is -4.46. The number of ether oxygens (including phenoxy) is 2. The van der Waals surface area contributed by atoms with Crippen LogP contribution in [0, 0.1) is 11.8 Å². The highest BCUT2D eigenvalue weighted by Crippen LogP contribution is 2.43. The van der Waals surface area contributed by atoms with Crippen molar-refractivity contribution in [2.24, 2.45) is 17.6 Å². The first kappa shape index (κ1) is 54.1. The van der Waals surface area contributed by atoms with Crippen molar-refractivity contribution in [2.75, 3.05) is 26.4 Å². The summed E-state index contributed by atoms with van der Waals surface area (Å²) in [5, 5.41) is 31.3. The summed E-state index contributed by atoms with van der Waals surface area (Å²) in [4.78, 5) is 35.2. The molecule has 0 aromatic carbocycles. The number of rotatable bonds is 38. The van der Waals surface area contributed by atoms with Crippen LogP contribution in [0.5, 0.6) is 0 Å². The number of carbonyl (C=O) groups is 2. The average Bonchev–Trinajstić information content (AvgIpc) is 3.47. The summed E-state index contributed by atoms with van der Waals surface area (Å²) in [6.07, 6.45) is 33.0. The molecule has 1 aliphatic rings. The zero-order chi connectivity index (χ0) is 42.7.